The van der Waals surface area contributed by atoms with Crippen LogP contribution in [0.3, 0.4) is 0 Å². The number of nitrogens with one attached hydrogen (secondary N) is 2. The number of aliphatic carboxylic acids is 1. The summed E-state index contributed by atoms with van der Waals surface area (Å²) in [5.74, 6) is -2.76. The van der Waals surface area contributed by atoms with Crippen molar-refractivity contribution in [1.82, 2.24) is 15.5 Å². The van der Waals surface area contributed by atoms with Gasteiger partial charge in [-0.3, -0.25) is 0 Å². The highest BCUT2D eigenvalue weighted by atomic mass is 19.4. The van der Waals surface area contributed by atoms with Crippen LogP contribution in [-0.2, 0) is 4.79 Å². The molecular formula is C8H12F3N3O3. The smallest absolute Gasteiger partial charge is 0.475 e. The van der Waals surface area contributed by atoms with Crippen molar-refractivity contribution in [2.75, 3.05) is 26.2 Å². The maximum absolute atomic E-state index is 11.0. The Kier molecular flexibility index (Phi) is 4.16. The number of halogens is 3. The van der Waals surface area contributed by atoms with Crippen LogP contribution in [-0.4, -0.2) is 60.4 Å². The average Bonchev–Trinajstić information content (AvgIpc) is 2.61. The van der Waals surface area contributed by atoms with Crippen LogP contribution in [0.1, 0.15) is 0 Å². The Morgan fingerprint density at radius 2 is 2.00 bits per heavy atom. The number of urea groups is 1. The van der Waals surface area contributed by atoms with E-state index in [4.69, 9.17) is 9.90 Å². The summed E-state index contributed by atoms with van der Waals surface area (Å²) in [6.07, 6.45) is -5.08. The Balaban J connectivity index is 0.000000185. The molecule has 98 valence electrons. The molecule has 2 rings (SSSR count). The number of carboxylic acids is 1. The number of carbonyl (C=O) groups is 2. The summed E-state index contributed by atoms with van der Waals surface area (Å²) in [6.45, 7) is 3.55. The molecule has 0 spiro atoms. The Labute approximate surface area is 94.8 Å². The maximum atomic E-state index is 11.0. The van der Waals surface area contributed by atoms with Gasteiger partial charge in [0.05, 0.1) is 6.04 Å². The van der Waals surface area contributed by atoms with E-state index < -0.39 is 12.1 Å². The van der Waals surface area contributed by atoms with Crippen LogP contribution in [0, 0.1) is 0 Å². The summed E-state index contributed by atoms with van der Waals surface area (Å²) in [7, 11) is 0. The number of nitrogens with zero attached hydrogens (tertiary/aromatic N) is 1. The monoisotopic (exact) mass is 255 g/mol. The minimum Gasteiger partial charge on any atom is -0.475 e. The van der Waals surface area contributed by atoms with Gasteiger partial charge in [-0.05, 0) is 0 Å². The Morgan fingerprint density at radius 1 is 1.41 bits per heavy atom. The highest BCUT2D eigenvalue weighted by molar-refractivity contribution is 5.77. The van der Waals surface area contributed by atoms with Gasteiger partial charge in [-0.2, -0.15) is 13.2 Å². The quantitative estimate of drug-likeness (QED) is 0.551. The first kappa shape index (κ1) is 13.6. The fourth-order valence-corrected chi connectivity index (χ4v) is 1.52. The third-order valence-electron chi connectivity index (χ3n) is 2.34. The highest BCUT2D eigenvalue weighted by Crippen LogP contribution is 2.13. The molecular weight excluding hydrogens is 243 g/mol. The summed E-state index contributed by atoms with van der Waals surface area (Å²) in [6, 6.07) is 0.507. The second kappa shape index (κ2) is 5.21. The molecule has 2 aliphatic heterocycles. The summed E-state index contributed by atoms with van der Waals surface area (Å²) in [5, 5.41) is 13.2. The molecule has 2 amide bonds. The van der Waals surface area contributed by atoms with E-state index in [1.165, 1.54) is 0 Å². The normalized spacial score (nSPS) is 23.4. The number of hydrogen-bond donors (Lipinski definition) is 3. The number of piperazine rings is 1. The van der Waals surface area contributed by atoms with Crippen molar-refractivity contribution in [3.8, 4) is 0 Å². The van der Waals surface area contributed by atoms with Gasteiger partial charge in [0.2, 0.25) is 0 Å². The molecule has 2 saturated heterocycles. The van der Waals surface area contributed by atoms with Gasteiger partial charge >= 0.3 is 18.2 Å². The number of carbonyl (C=O) groups excluding carboxylic acids is 1. The van der Waals surface area contributed by atoms with Gasteiger partial charge < -0.3 is 20.6 Å². The minimum atomic E-state index is -5.08. The van der Waals surface area contributed by atoms with Gasteiger partial charge in [0.1, 0.15) is 0 Å². The van der Waals surface area contributed by atoms with Crippen molar-refractivity contribution in [2.45, 2.75) is 12.2 Å². The Bertz CT molecular complexity index is 308. The summed E-state index contributed by atoms with van der Waals surface area (Å²) < 4.78 is 31.7. The van der Waals surface area contributed by atoms with Crippen molar-refractivity contribution in [3.05, 3.63) is 0 Å². The third kappa shape index (κ3) is 3.77. The van der Waals surface area contributed by atoms with Crippen LogP contribution in [0.15, 0.2) is 0 Å². The first-order valence-corrected chi connectivity index (χ1v) is 4.87. The molecule has 0 unspecified atom stereocenters. The lowest BCUT2D eigenvalue weighted by molar-refractivity contribution is -0.192. The van der Waals surface area contributed by atoms with Gasteiger partial charge in [-0.1, -0.05) is 0 Å². The van der Waals surface area contributed by atoms with E-state index in [0.29, 0.717) is 6.04 Å². The first-order chi connectivity index (χ1) is 7.82. The second-order valence-corrected chi connectivity index (χ2v) is 3.54. The Morgan fingerprint density at radius 3 is 2.47 bits per heavy atom. The molecule has 0 radical (unpaired) electrons. The molecule has 2 fully saturated rings. The topological polar surface area (TPSA) is 81.7 Å². The summed E-state index contributed by atoms with van der Waals surface area (Å²) in [5.41, 5.74) is 0. The zero-order chi connectivity index (χ0) is 13.1. The molecule has 3 N–H and O–H groups in total. The molecule has 0 aromatic heterocycles. The molecule has 2 aliphatic rings. The van der Waals surface area contributed by atoms with Gasteiger partial charge in [-0.15, -0.1) is 0 Å². The molecule has 0 aromatic carbocycles. The van der Waals surface area contributed by atoms with E-state index >= 15 is 0 Å². The zero-order valence-electron chi connectivity index (χ0n) is 8.75. The Hall–Kier alpha value is -1.51. The maximum Gasteiger partial charge on any atom is 0.490 e. The number of rotatable bonds is 0. The fraction of sp³-hybridized carbons (Fsp3) is 0.750. The highest BCUT2D eigenvalue weighted by Gasteiger charge is 2.38. The van der Waals surface area contributed by atoms with E-state index in [2.05, 4.69) is 10.6 Å². The summed E-state index contributed by atoms with van der Waals surface area (Å²) in [4.78, 5) is 21.8. The molecule has 9 heteroatoms. The third-order valence-corrected chi connectivity index (χ3v) is 2.34. The van der Waals surface area contributed by atoms with Crippen molar-refractivity contribution in [1.29, 1.82) is 0 Å². The lowest BCUT2D eigenvalue weighted by atomic mass is 10.2. The SMILES string of the molecule is O=C(O)C(F)(F)F.O=C1NC[C@@H]2CNCCN12. The number of carboxylic acid groups (broad SMARTS) is 1. The van der Waals surface area contributed by atoms with Crippen LogP contribution in [0.2, 0.25) is 0 Å². The van der Waals surface area contributed by atoms with Crippen molar-refractivity contribution < 1.29 is 27.9 Å². The molecule has 2 heterocycles. The molecule has 0 saturated carbocycles. The molecule has 0 aliphatic carbocycles. The van der Waals surface area contributed by atoms with Gasteiger partial charge in [0.25, 0.3) is 0 Å². The van der Waals surface area contributed by atoms with Gasteiger partial charge in [0, 0.05) is 26.2 Å². The second-order valence-electron chi connectivity index (χ2n) is 3.54. The predicted molar refractivity (Wildman–Crippen MR) is 50.5 cm³/mol. The lowest BCUT2D eigenvalue weighted by Crippen LogP contribution is -2.49. The first-order valence-electron chi connectivity index (χ1n) is 4.87. The van der Waals surface area contributed by atoms with Crippen LogP contribution >= 0.6 is 0 Å². The fourth-order valence-electron chi connectivity index (χ4n) is 1.52. The van der Waals surface area contributed by atoms with E-state index in [0.717, 1.165) is 26.2 Å². The molecule has 6 nitrogen and oxygen atoms in total. The standard InChI is InChI=1S/C6H11N3O.C2HF3O2/c10-6-8-4-5-3-7-1-2-9(5)6;3-2(4,5)1(6)7/h5,7H,1-4H2,(H,8,10);(H,6,7)/t5-;/m0./s1. The van der Waals surface area contributed by atoms with Crippen LogP contribution < -0.4 is 10.6 Å². The van der Waals surface area contributed by atoms with Crippen molar-refractivity contribution >= 4 is 12.0 Å². The molecule has 0 aromatic rings. The van der Waals surface area contributed by atoms with Crippen LogP contribution in [0.25, 0.3) is 0 Å². The number of alkyl halides is 3. The van der Waals surface area contributed by atoms with Crippen molar-refractivity contribution in [3.63, 3.8) is 0 Å². The molecule has 0 bridgehead atoms. The van der Waals surface area contributed by atoms with E-state index in [1.807, 2.05) is 4.90 Å². The molecule has 1 atom stereocenters. The summed E-state index contributed by atoms with van der Waals surface area (Å²) >= 11 is 0. The van der Waals surface area contributed by atoms with E-state index in [9.17, 15) is 18.0 Å². The average molecular weight is 255 g/mol. The van der Waals surface area contributed by atoms with Gasteiger partial charge in [0.15, 0.2) is 0 Å². The zero-order valence-corrected chi connectivity index (χ0v) is 8.75. The minimum absolute atomic E-state index is 0.103. The van der Waals surface area contributed by atoms with Crippen LogP contribution in [0.4, 0.5) is 18.0 Å². The van der Waals surface area contributed by atoms with Crippen LogP contribution in [0.5, 0.6) is 0 Å². The molecule has 17 heavy (non-hydrogen) atoms. The number of amides is 2. The number of hydrogen-bond acceptors (Lipinski definition) is 3. The van der Waals surface area contributed by atoms with E-state index in [-0.39, 0.29) is 6.03 Å². The lowest BCUT2D eigenvalue weighted by Gasteiger charge is -2.28. The van der Waals surface area contributed by atoms with Crippen molar-refractivity contribution in [2.24, 2.45) is 0 Å². The van der Waals surface area contributed by atoms with E-state index in [1.54, 1.807) is 0 Å². The number of fused-ring (bicyclic) bond motifs is 1. The largest absolute Gasteiger partial charge is 0.490 e. The predicted octanol–water partition coefficient (Wildman–Crippen LogP) is -0.383. The van der Waals surface area contributed by atoms with Gasteiger partial charge in [-0.25, -0.2) is 9.59 Å².